The minimum atomic E-state index is -0.685. The second kappa shape index (κ2) is 11.9. The normalized spacial score (nSPS) is 14.8. The molecule has 0 unspecified atom stereocenters. The Bertz CT molecular complexity index is 815. The number of ether oxygens (including phenoxy) is 3. The standard InChI is InChI=1S/C24H32N2O6/c1-5-12-24(13-15-25(16-14-24)22(28)31-6-2)26(17-19(3)21(27)30-4)23(29)32-18-20-10-8-7-9-11-20/h5,7-11H,1,3,6,12-18H2,2,4H3. The Labute approximate surface area is 189 Å². The van der Waals surface area contributed by atoms with Crippen LogP contribution in [0, 0.1) is 0 Å². The van der Waals surface area contributed by atoms with Crippen molar-refractivity contribution in [2.75, 3.05) is 33.4 Å². The van der Waals surface area contributed by atoms with Gasteiger partial charge < -0.3 is 19.1 Å². The molecule has 2 rings (SSSR count). The van der Waals surface area contributed by atoms with Gasteiger partial charge in [0.05, 0.1) is 25.8 Å². The van der Waals surface area contributed by atoms with E-state index in [1.165, 1.54) is 12.0 Å². The summed E-state index contributed by atoms with van der Waals surface area (Å²) < 4.78 is 15.5. The Hall–Kier alpha value is -3.29. The summed E-state index contributed by atoms with van der Waals surface area (Å²) >= 11 is 0. The van der Waals surface area contributed by atoms with Gasteiger partial charge in [0.2, 0.25) is 0 Å². The molecule has 0 aromatic heterocycles. The van der Waals surface area contributed by atoms with Gasteiger partial charge in [0, 0.05) is 18.7 Å². The zero-order valence-corrected chi connectivity index (χ0v) is 18.9. The Kier molecular flexibility index (Phi) is 9.31. The lowest BCUT2D eigenvalue weighted by molar-refractivity contribution is -0.136. The molecule has 2 amide bonds. The van der Waals surface area contributed by atoms with Gasteiger partial charge >= 0.3 is 18.2 Å². The maximum absolute atomic E-state index is 13.2. The van der Waals surface area contributed by atoms with Crippen molar-refractivity contribution in [3.63, 3.8) is 0 Å². The van der Waals surface area contributed by atoms with Crippen molar-refractivity contribution in [1.82, 2.24) is 9.80 Å². The monoisotopic (exact) mass is 444 g/mol. The second-order valence-electron chi connectivity index (χ2n) is 7.62. The van der Waals surface area contributed by atoms with E-state index in [0.717, 1.165) is 5.56 Å². The lowest BCUT2D eigenvalue weighted by Crippen LogP contribution is -2.58. The minimum Gasteiger partial charge on any atom is -0.466 e. The van der Waals surface area contributed by atoms with Crippen LogP contribution in [0.4, 0.5) is 9.59 Å². The number of nitrogens with zero attached hydrogens (tertiary/aromatic N) is 2. The van der Waals surface area contributed by atoms with E-state index in [0.29, 0.717) is 39.0 Å². The third-order valence-corrected chi connectivity index (χ3v) is 5.57. The first-order valence-electron chi connectivity index (χ1n) is 10.6. The van der Waals surface area contributed by atoms with E-state index >= 15 is 0 Å². The summed E-state index contributed by atoms with van der Waals surface area (Å²) in [6.07, 6.45) is 2.22. The Morgan fingerprint density at radius 2 is 1.81 bits per heavy atom. The van der Waals surface area contributed by atoms with Crippen LogP contribution in [-0.4, -0.2) is 66.8 Å². The van der Waals surface area contributed by atoms with Crippen molar-refractivity contribution in [3.05, 3.63) is 60.7 Å². The molecule has 0 spiro atoms. The van der Waals surface area contributed by atoms with Gasteiger partial charge in [0.1, 0.15) is 6.61 Å². The van der Waals surface area contributed by atoms with Gasteiger partial charge in [0.25, 0.3) is 0 Å². The third kappa shape index (κ3) is 6.35. The molecular formula is C24H32N2O6. The maximum Gasteiger partial charge on any atom is 0.410 e. The summed E-state index contributed by atoms with van der Waals surface area (Å²) in [4.78, 5) is 40.5. The van der Waals surface area contributed by atoms with Crippen LogP contribution in [0.2, 0.25) is 0 Å². The van der Waals surface area contributed by atoms with E-state index in [1.807, 2.05) is 30.3 Å². The number of likely N-dealkylation sites (tertiary alicyclic amines) is 1. The van der Waals surface area contributed by atoms with Crippen molar-refractivity contribution in [3.8, 4) is 0 Å². The number of piperidine rings is 1. The van der Waals surface area contributed by atoms with E-state index in [4.69, 9.17) is 14.2 Å². The molecule has 1 heterocycles. The summed E-state index contributed by atoms with van der Waals surface area (Å²) in [6, 6.07) is 9.34. The first kappa shape index (κ1) is 25.0. The Morgan fingerprint density at radius 1 is 1.16 bits per heavy atom. The smallest absolute Gasteiger partial charge is 0.410 e. The van der Waals surface area contributed by atoms with Gasteiger partial charge in [-0.1, -0.05) is 43.0 Å². The molecule has 8 heteroatoms. The predicted octanol–water partition coefficient (Wildman–Crippen LogP) is 3.92. The number of amides is 2. The van der Waals surface area contributed by atoms with Gasteiger partial charge in [-0.2, -0.15) is 0 Å². The van der Waals surface area contributed by atoms with Crippen LogP contribution in [0.3, 0.4) is 0 Å². The highest BCUT2D eigenvalue weighted by Crippen LogP contribution is 2.34. The fourth-order valence-electron chi connectivity index (χ4n) is 3.80. The molecule has 32 heavy (non-hydrogen) atoms. The zero-order valence-electron chi connectivity index (χ0n) is 18.9. The summed E-state index contributed by atoms with van der Waals surface area (Å²) in [7, 11) is 1.27. The van der Waals surface area contributed by atoms with Crippen LogP contribution in [-0.2, 0) is 25.6 Å². The van der Waals surface area contributed by atoms with Gasteiger partial charge in [-0.3, -0.25) is 4.90 Å². The highest BCUT2D eigenvalue weighted by molar-refractivity contribution is 5.88. The first-order valence-corrected chi connectivity index (χ1v) is 10.6. The number of hydrogen-bond donors (Lipinski definition) is 0. The Morgan fingerprint density at radius 3 is 2.38 bits per heavy atom. The van der Waals surface area contributed by atoms with Gasteiger partial charge in [-0.05, 0) is 31.7 Å². The van der Waals surface area contributed by atoms with Gasteiger partial charge in [-0.25, -0.2) is 14.4 Å². The van der Waals surface area contributed by atoms with E-state index < -0.39 is 17.6 Å². The molecule has 0 atom stereocenters. The average Bonchev–Trinajstić information content (AvgIpc) is 2.81. The van der Waals surface area contributed by atoms with E-state index in [1.54, 1.807) is 17.9 Å². The molecule has 1 aliphatic rings. The molecule has 8 nitrogen and oxygen atoms in total. The van der Waals surface area contributed by atoms with Crippen molar-refractivity contribution < 1.29 is 28.6 Å². The molecule has 1 aromatic rings. The number of carbonyl (C=O) groups is 3. The van der Waals surface area contributed by atoms with Crippen molar-refractivity contribution in [2.24, 2.45) is 0 Å². The number of benzene rings is 1. The molecule has 1 fully saturated rings. The molecule has 1 aliphatic heterocycles. The topological polar surface area (TPSA) is 85.4 Å². The fraction of sp³-hybridized carbons (Fsp3) is 0.458. The summed E-state index contributed by atoms with van der Waals surface area (Å²) in [6.45, 7) is 10.5. The lowest BCUT2D eigenvalue weighted by atomic mass is 9.82. The molecule has 0 aliphatic carbocycles. The van der Waals surface area contributed by atoms with Crippen molar-refractivity contribution in [1.29, 1.82) is 0 Å². The average molecular weight is 445 g/mol. The third-order valence-electron chi connectivity index (χ3n) is 5.57. The van der Waals surface area contributed by atoms with Crippen LogP contribution < -0.4 is 0 Å². The molecule has 0 N–H and O–H groups in total. The lowest BCUT2D eigenvalue weighted by Gasteiger charge is -2.47. The molecule has 0 radical (unpaired) electrons. The van der Waals surface area contributed by atoms with Crippen molar-refractivity contribution >= 4 is 18.2 Å². The summed E-state index contributed by atoms with van der Waals surface area (Å²) in [5.41, 5.74) is 0.304. The van der Waals surface area contributed by atoms with E-state index in [-0.39, 0.29) is 24.8 Å². The highest BCUT2D eigenvalue weighted by atomic mass is 16.6. The number of carbonyl (C=O) groups excluding carboxylic acids is 3. The maximum atomic E-state index is 13.2. The number of rotatable bonds is 9. The van der Waals surface area contributed by atoms with Gasteiger partial charge in [-0.15, -0.1) is 6.58 Å². The first-order chi connectivity index (χ1) is 15.4. The van der Waals surface area contributed by atoms with Crippen LogP contribution in [0.25, 0.3) is 0 Å². The van der Waals surface area contributed by atoms with E-state index in [2.05, 4.69) is 13.2 Å². The SMILES string of the molecule is C=CCC1(N(CC(=C)C(=O)OC)C(=O)OCc2ccccc2)CCN(C(=O)OCC)CC1. The molecule has 1 saturated heterocycles. The second-order valence-corrected chi connectivity index (χ2v) is 7.62. The quantitative estimate of drug-likeness (QED) is 0.248. The van der Waals surface area contributed by atoms with Crippen molar-refractivity contribution in [2.45, 2.75) is 38.3 Å². The zero-order chi connectivity index (χ0) is 23.6. The molecule has 174 valence electrons. The fourth-order valence-corrected chi connectivity index (χ4v) is 3.80. The largest absolute Gasteiger partial charge is 0.466 e. The minimum absolute atomic E-state index is 0.0481. The Balaban J connectivity index is 2.24. The van der Waals surface area contributed by atoms with Crippen LogP contribution >= 0.6 is 0 Å². The van der Waals surface area contributed by atoms with Gasteiger partial charge in [0.15, 0.2) is 0 Å². The molecule has 1 aromatic carbocycles. The summed E-state index contributed by atoms with van der Waals surface area (Å²) in [5, 5.41) is 0. The molecule has 0 saturated carbocycles. The van der Waals surface area contributed by atoms with E-state index in [9.17, 15) is 14.4 Å². The predicted molar refractivity (Wildman–Crippen MR) is 120 cm³/mol. The van der Waals surface area contributed by atoms with Crippen LogP contribution in [0.15, 0.2) is 55.1 Å². The number of methoxy groups -OCH3 is 1. The van der Waals surface area contributed by atoms with Crippen LogP contribution in [0.5, 0.6) is 0 Å². The van der Waals surface area contributed by atoms with Crippen LogP contribution in [0.1, 0.15) is 31.7 Å². The highest BCUT2D eigenvalue weighted by Gasteiger charge is 2.44. The number of hydrogen-bond acceptors (Lipinski definition) is 6. The summed E-state index contributed by atoms with van der Waals surface area (Å²) in [5.74, 6) is -0.594. The molecule has 0 bridgehead atoms. The number of esters is 1. The molecular weight excluding hydrogens is 412 g/mol.